The molecule has 0 aromatic heterocycles. The smallest absolute Gasteiger partial charge is 0.237 e. The van der Waals surface area contributed by atoms with E-state index in [1.165, 1.54) is 12.8 Å². The molecule has 1 heterocycles. The number of carbonyl (C=O) groups excluding carboxylic acids is 1. The number of amides is 1. The van der Waals surface area contributed by atoms with E-state index in [1.54, 1.807) is 0 Å². The third kappa shape index (κ3) is 1.46. The Balaban J connectivity index is 2.09. The van der Waals surface area contributed by atoms with Crippen LogP contribution >= 0.6 is 0 Å². The first kappa shape index (κ1) is 8.05. The van der Waals surface area contributed by atoms with Crippen LogP contribution in [0.3, 0.4) is 0 Å². The molecule has 1 saturated carbocycles. The summed E-state index contributed by atoms with van der Waals surface area (Å²) in [5.74, 6) is 0.752. The Morgan fingerprint density at radius 2 is 2.17 bits per heavy atom. The van der Waals surface area contributed by atoms with E-state index in [2.05, 4.69) is 5.32 Å². The van der Waals surface area contributed by atoms with Gasteiger partial charge < -0.3 is 11.1 Å². The number of hydrogen-bond acceptors (Lipinski definition) is 2. The van der Waals surface area contributed by atoms with Crippen LogP contribution in [0.4, 0.5) is 0 Å². The van der Waals surface area contributed by atoms with Crippen molar-refractivity contribution >= 4 is 5.91 Å². The molecule has 0 radical (unpaired) electrons. The van der Waals surface area contributed by atoms with Gasteiger partial charge in [-0.3, -0.25) is 4.79 Å². The summed E-state index contributed by atoms with van der Waals surface area (Å²) >= 11 is 0. The van der Waals surface area contributed by atoms with Crippen molar-refractivity contribution in [2.24, 2.45) is 11.7 Å². The molecule has 1 saturated heterocycles. The number of hydrogen-bond donors (Lipinski definition) is 2. The van der Waals surface area contributed by atoms with Gasteiger partial charge in [0.1, 0.15) is 0 Å². The minimum atomic E-state index is -0.252. The zero-order valence-corrected chi connectivity index (χ0v) is 7.25. The number of rotatable bonds is 0. The Bertz CT molecular complexity index is 193. The van der Waals surface area contributed by atoms with E-state index in [4.69, 9.17) is 5.73 Å². The van der Waals surface area contributed by atoms with Gasteiger partial charge in [-0.25, -0.2) is 0 Å². The second-order valence-electron chi connectivity index (χ2n) is 4.08. The minimum Gasteiger partial charge on any atom is -0.352 e. The summed E-state index contributed by atoms with van der Waals surface area (Å²) in [7, 11) is 0. The van der Waals surface area contributed by atoms with E-state index in [-0.39, 0.29) is 11.9 Å². The van der Waals surface area contributed by atoms with Crippen LogP contribution in [0.2, 0.25) is 0 Å². The van der Waals surface area contributed by atoms with E-state index in [0.29, 0.717) is 12.0 Å². The van der Waals surface area contributed by atoms with Crippen LogP contribution in [0.5, 0.6) is 0 Å². The molecule has 68 valence electrons. The molecule has 0 spiro atoms. The molecule has 0 aromatic rings. The van der Waals surface area contributed by atoms with Crippen molar-refractivity contribution in [3.63, 3.8) is 0 Å². The van der Waals surface area contributed by atoms with Crippen LogP contribution in [0.1, 0.15) is 32.1 Å². The predicted octanol–water partition coefficient (Wildman–Crippen LogP) is 0.392. The van der Waals surface area contributed by atoms with Gasteiger partial charge in [0.05, 0.1) is 6.04 Å². The summed E-state index contributed by atoms with van der Waals surface area (Å²) in [4.78, 5) is 11.3. The number of nitrogens with one attached hydrogen (secondary N) is 1. The highest BCUT2D eigenvalue weighted by atomic mass is 16.2. The molecular weight excluding hydrogens is 152 g/mol. The normalized spacial score (nSPS) is 41.8. The lowest BCUT2D eigenvalue weighted by atomic mass is 9.84. The average Bonchev–Trinajstić information content (AvgIpc) is 2.11. The van der Waals surface area contributed by atoms with Gasteiger partial charge >= 0.3 is 0 Å². The molecule has 2 rings (SSSR count). The number of fused-ring (bicyclic) bond motifs is 2. The zero-order chi connectivity index (χ0) is 8.55. The molecule has 3 atom stereocenters. The molecule has 1 aliphatic carbocycles. The van der Waals surface area contributed by atoms with Crippen molar-refractivity contribution in [1.82, 2.24) is 5.32 Å². The van der Waals surface area contributed by atoms with Gasteiger partial charge in [0.15, 0.2) is 0 Å². The van der Waals surface area contributed by atoms with E-state index < -0.39 is 0 Å². The lowest BCUT2D eigenvalue weighted by Crippen LogP contribution is -2.42. The van der Waals surface area contributed by atoms with Crippen LogP contribution in [0, 0.1) is 5.92 Å². The van der Waals surface area contributed by atoms with Gasteiger partial charge in [-0.1, -0.05) is 12.8 Å². The van der Waals surface area contributed by atoms with E-state index in [0.717, 1.165) is 19.3 Å². The molecule has 1 aliphatic heterocycles. The SMILES string of the molecule is N[C@@H]1C[C@@H]2CCC[C@@H](C2)NC1=O. The summed E-state index contributed by atoms with van der Waals surface area (Å²) in [6.07, 6.45) is 5.71. The second-order valence-corrected chi connectivity index (χ2v) is 4.08. The standard InChI is InChI=1S/C9H16N2O/c10-8-5-6-2-1-3-7(4-6)11-9(8)12/h6-8H,1-5,10H2,(H,11,12)/t6-,7+,8-/m1/s1. The summed E-state index contributed by atoms with van der Waals surface area (Å²) in [5, 5.41) is 3.00. The third-order valence-corrected chi connectivity index (χ3v) is 3.05. The van der Waals surface area contributed by atoms with Crippen molar-refractivity contribution < 1.29 is 4.79 Å². The summed E-state index contributed by atoms with van der Waals surface area (Å²) in [6, 6.07) is 0.169. The Morgan fingerprint density at radius 1 is 1.33 bits per heavy atom. The molecule has 12 heavy (non-hydrogen) atoms. The van der Waals surface area contributed by atoms with Crippen LogP contribution in [-0.4, -0.2) is 18.0 Å². The van der Waals surface area contributed by atoms with Gasteiger partial charge in [-0.2, -0.15) is 0 Å². The van der Waals surface area contributed by atoms with Crippen LogP contribution in [-0.2, 0) is 4.79 Å². The van der Waals surface area contributed by atoms with Gasteiger partial charge in [-0.15, -0.1) is 0 Å². The van der Waals surface area contributed by atoms with Gasteiger partial charge in [-0.05, 0) is 25.2 Å². The predicted molar refractivity (Wildman–Crippen MR) is 46.5 cm³/mol. The molecule has 0 aromatic carbocycles. The van der Waals surface area contributed by atoms with E-state index in [9.17, 15) is 4.79 Å². The third-order valence-electron chi connectivity index (χ3n) is 3.05. The van der Waals surface area contributed by atoms with Crippen molar-refractivity contribution in [2.75, 3.05) is 0 Å². The minimum absolute atomic E-state index is 0.0596. The fraction of sp³-hybridized carbons (Fsp3) is 0.889. The molecule has 2 aliphatic rings. The monoisotopic (exact) mass is 168 g/mol. The lowest BCUT2D eigenvalue weighted by molar-refractivity contribution is -0.122. The molecular formula is C9H16N2O. The molecule has 1 amide bonds. The maximum atomic E-state index is 11.3. The highest BCUT2D eigenvalue weighted by molar-refractivity contribution is 5.82. The van der Waals surface area contributed by atoms with E-state index >= 15 is 0 Å². The Morgan fingerprint density at radius 3 is 3.00 bits per heavy atom. The maximum absolute atomic E-state index is 11.3. The van der Waals surface area contributed by atoms with Crippen molar-refractivity contribution in [3.8, 4) is 0 Å². The Labute approximate surface area is 72.7 Å². The lowest BCUT2D eigenvalue weighted by Gasteiger charge is -2.25. The highest BCUT2D eigenvalue weighted by Gasteiger charge is 2.31. The zero-order valence-electron chi connectivity index (χ0n) is 7.25. The summed E-state index contributed by atoms with van der Waals surface area (Å²) in [5.41, 5.74) is 5.72. The summed E-state index contributed by atoms with van der Waals surface area (Å²) in [6.45, 7) is 0. The number of nitrogens with two attached hydrogens (primary N) is 1. The summed E-state index contributed by atoms with van der Waals surface area (Å²) < 4.78 is 0. The van der Waals surface area contributed by atoms with Gasteiger partial charge in [0, 0.05) is 6.04 Å². The molecule has 3 nitrogen and oxygen atoms in total. The van der Waals surface area contributed by atoms with Crippen LogP contribution < -0.4 is 11.1 Å². The Kier molecular flexibility index (Phi) is 2.05. The van der Waals surface area contributed by atoms with Crippen LogP contribution in [0.15, 0.2) is 0 Å². The van der Waals surface area contributed by atoms with Crippen molar-refractivity contribution in [1.29, 1.82) is 0 Å². The molecule has 3 heteroatoms. The molecule has 3 N–H and O–H groups in total. The molecule has 2 fully saturated rings. The molecule has 2 bridgehead atoms. The van der Waals surface area contributed by atoms with Crippen molar-refractivity contribution in [2.45, 2.75) is 44.2 Å². The quantitative estimate of drug-likeness (QED) is 0.550. The highest BCUT2D eigenvalue weighted by Crippen LogP contribution is 2.29. The van der Waals surface area contributed by atoms with Crippen LogP contribution in [0.25, 0.3) is 0 Å². The first-order chi connectivity index (χ1) is 5.75. The maximum Gasteiger partial charge on any atom is 0.237 e. The fourth-order valence-corrected chi connectivity index (χ4v) is 2.41. The van der Waals surface area contributed by atoms with Gasteiger partial charge in [0.2, 0.25) is 5.91 Å². The molecule has 0 unspecified atom stereocenters. The average molecular weight is 168 g/mol. The Hall–Kier alpha value is -0.570. The fourth-order valence-electron chi connectivity index (χ4n) is 2.41. The van der Waals surface area contributed by atoms with E-state index in [1.807, 2.05) is 0 Å². The van der Waals surface area contributed by atoms with Gasteiger partial charge in [0.25, 0.3) is 0 Å². The largest absolute Gasteiger partial charge is 0.352 e. The number of carbonyl (C=O) groups is 1. The van der Waals surface area contributed by atoms with Crippen molar-refractivity contribution in [3.05, 3.63) is 0 Å². The topological polar surface area (TPSA) is 55.1 Å². The first-order valence-corrected chi connectivity index (χ1v) is 4.81. The second kappa shape index (κ2) is 3.05. The first-order valence-electron chi connectivity index (χ1n) is 4.81.